The summed E-state index contributed by atoms with van der Waals surface area (Å²) in [6.45, 7) is 8.88. The maximum absolute atomic E-state index is 12.2. The molecule has 3 rings (SSSR count). The lowest BCUT2D eigenvalue weighted by atomic mass is 9.99. The first-order valence-electron chi connectivity index (χ1n) is 14.9. The molecule has 0 atom stereocenters. The van der Waals surface area contributed by atoms with Crippen LogP contribution in [0.15, 0.2) is 59.9 Å². The third-order valence-corrected chi connectivity index (χ3v) is 7.11. The van der Waals surface area contributed by atoms with Crippen LogP contribution in [0.25, 0.3) is 0 Å². The largest absolute Gasteiger partial charge is 0.503 e. The number of benzene rings is 2. The molecule has 0 fully saturated rings. The summed E-state index contributed by atoms with van der Waals surface area (Å²) in [7, 11) is 1.60. The second kappa shape index (κ2) is 19.7. The number of carbonyl (C=O) groups excluding carboxylic acids is 5. The van der Waals surface area contributed by atoms with Gasteiger partial charge in [0.25, 0.3) is 5.91 Å². The van der Waals surface area contributed by atoms with Crippen molar-refractivity contribution in [2.45, 2.75) is 72.9 Å². The Hall–Kier alpha value is -4.51. The van der Waals surface area contributed by atoms with E-state index in [1.165, 1.54) is 4.90 Å². The van der Waals surface area contributed by atoms with E-state index < -0.39 is 23.5 Å². The second-order valence-corrected chi connectivity index (χ2v) is 10.4. The van der Waals surface area contributed by atoms with Gasteiger partial charge < -0.3 is 29.9 Å². The Kier molecular flexibility index (Phi) is 16.9. The van der Waals surface area contributed by atoms with Crippen LogP contribution < -0.4 is 4.74 Å². The zero-order valence-electron chi connectivity index (χ0n) is 26.9. The number of aliphatic hydroxyl groups is 1. The lowest BCUT2D eigenvalue weighted by molar-refractivity contribution is -0.160. The van der Waals surface area contributed by atoms with E-state index in [4.69, 9.17) is 9.47 Å². The average Bonchev–Trinajstić information content (AvgIpc) is 3.03. The molecule has 2 aromatic rings. The van der Waals surface area contributed by atoms with Crippen LogP contribution in [0.4, 0.5) is 0 Å². The third kappa shape index (κ3) is 12.2. The Morgan fingerprint density at radius 2 is 1.56 bits per heavy atom. The van der Waals surface area contributed by atoms with Crippen LogP contribution in [0.1, 0.15) is 69.6 Å². The van der Waals surface area contributed by atoms with Crippen LogP contribution in [0.5, 0.6) is 5.75 Å². The van der Waals surface area contributed by atoms with Crippen molar-refractivity contribution in [2.75, 3.05) is 26.8 Å². The number of methoxy groups -OCH3 is 1. The zero-order chi connectivity index (χ0) is 32.6. The van der Waals surface area contributed by atoms with Gasteiger partial charge in [-0.15, -0.1) is 0 Å². The normalized spacial score (nSPS) is 12.4. The number of hydrogen-bond acceptors (Lipinski definition) is 8. The van der Waals surface area contributed by atoms with Crippen molar-refractivity contribution >= 4 is 29.4 Å². The van der Waals surface area contributed by atoms with Crippen molar-refractivity contribution in [3.8, 4) is 5.75 Å². The van der Waals surface area contributed by atoms with Gasteiger partial charge in [0.1, 0.15) is 11.5 Å². The molecule has 0 spiro atoms. The van der Waals surface area contributed by atoms with Crippen molar-refractivity contribution in [1.29, 1.82) is 0 Å². The molecule has 0 aliphatic carbocycles. The highest BCUT2D eigenvalue weighted by molar-refractivity contribution is 6.32. The van der Waals surface area contributed by atoms with Gasteiger partial charge in [-0.2, -0.15) is 0 Å². The molecule has 1 aliphatic heterocycles. The molecular formula is C34H46N2O9. The van der Waals surface area contributed by atoms with Crippen molar-refractivity contribution < 1.29 is 44.0 Å². The minimum atomic E-state index is -0.846. The molecule has 1 aliphatic rings. The van der Waals surface area contributed by atoms with Gasteiger partial charge in [-0.05, 0) is 49.9 Å². The quantitative estimate of drug-likeness (QED) is 0.257. The smallest absolute Gasteiger partial charge is 0.397 e. The lowest BCUT2D eigenvalue weighted by Gasteiger charge is -2.27. The Balaban J connectivity index is 0.000000441. The number of Topliss-reactive ketones (excluding diaryl/α,β-unsaturated/α-hetero) is 2. The average molecular weight is 627 g/mol. The number of rotatable bonds is 13. The Morgan fingerprint density at radius 3 is 2.11 bits per heavy atom. The van der Waals surface area contributed by atoms with Gasteiger partial charge in [-0.3, -0.25) is 19.2 Å². The number of nitrogens with zero attached hydrogens (tertiary/aromatic N) is 2. The van der Waals surface area contributed by atoms with Crippen LogP contribution in [0.3, 0.4) is 0 Å². The van der Waals surface area contributed by atoms with Gasteiger partial charge >= 0.3 is 11.9 Å². The molecule has 11 nitrogen and oxygen atoms in total. The molecule has 0 saturated heterocycles. The zero-order valence-corrected chi connectivity index (χ0v) is 26.9. The molecular weight excluding hydrogens is 580 g/mol. The van der Waals surface area contributed by atoms with E-state index in [9.17, 15) is 29.1 Å². The van der Waals surface area contributed by atoms with E-state index in [0.717, 1.165) is 22.4 Å². The number of aliphatic hydroxyl groups excluding tert-OH is 1. The topological polar surface area (TPSA) is 162 Å². The van der Waals surface area contributed by atoms with Crippen molar-refractivity contribution in [3.05, 3.63) is 76.6 Å². The lowest BCUT2D eigenvalue weighted by Crippen LogP contribution is -2.38. The maximum Gasteiger partial charge on any atom is 0.397 e. The van der Waals surface area contributed by atoms with Gasteiger partial charge in [0.05, 0.1) is 13.7 Å². The fraction of sp³-hybridized carbons (Fsp3) is 0.441. The molecule has 0 aromatic heterocycles. The van der Waals surface area contributed by atoms with Crippen molar-refractivity contribution in [3.63, 3.8) is 0 Å². The Labute approximate surface area is 265 Å². The van der Waals surface area contributed by atoms with E-state index in [0.29, 0.717) is 58.3 Å². The molecule has 246 valence electrons. The summed E-state index contributed by atoms with van der Waals surface area (Å²) < 4.78 is 9.88. The first kappa shape index (κ1) is 38.5. The fourth-order valence-corrected chi connectivity index (χ4v) is 4.46. The number of ether oxygens (including phenoxy) is 2. The van der Waals surface area contributed by atoms with Crippen molar-refractivity contribution in [2.24, 2.45) is 0 Å². The minimum Gasteiger partial charge on any atom is -0.503 e. The number of hydrogen-bond donors (Lipinski definition) is 1. The van der Waals surface area contributed by atoms with E-state index in [-0.39, 0.29) is 29.2 Å². The van der Waals surface area contributed by atoms with E-state index in [1.807, 2.05) is 62.4 Å². The number of carbonyl (C=O) groups is 5. The highest BCUT2D eigenvalue weighted by Gasteiger charge is 2.29. The van der Waals surface area contributed by atoms with Crippen LogP contribution in [0, 0.1) is 6.92 Å². The molecule has 2 amide bonds. The predicted molar refractivity (Wildman–Crippen MR) is 169 cm³/mol. The van der Waals surface area contributed by atoms with Gasteiger partial charge in [0, 0.05) is 51.0 Å². The van der Waals surface area contributed by atoms with E-state index >= 15 is 0 Å². The molecule has 11 heteroatoms. The summed E-state index contributed by atoms with van der Waals surface area (Å²) >= 11 is 0. The second-order valence-electron chi connectivity index (χ2n) is 10.4. The minimum absolute atomic E-state index is 0. The van der Waals surface area contributed by atoms with Gasteiger partial charge in [-0.1, -0.05) is 55.8 Å². The molecule has 3 N–H and O–H groups in total. The number of aryl methyl sites for hydroxylation is 1. The Morgan fingerprint density at radius 1 is 0.933 bits per heavy atom. The van der Waals surface area contributed by atoms with Crippen LogP contribution in [-0.2, 0) is 41.8 Å². The van der Waals surface area contributed by atoms with Crippen molar-refractivity contribution in [1.82, 2.24) is 9.80 Å². The summed E-state index contributed by atoms with van der Waals surface area (Å²) in [4.78, 5) is 62.1. The van der Waals surface area contributed by atoms with Gasteiger partial charge in [0.15, 0.2) is 11.5 Å². The van der Waals surface area contributed by atoms with E-state index in [2.05, 4.69) is 0 Å². The SMILES string of the molecule is CCC(=O)C1=C(O)C(=O)N(Cc2ccc(OC)cc2)CC1.CCOC(=O)C(=O)N(CCCC(=O)CC)Cc1ccc(C)cc1.O. The summed E-state index contributed by atoms with van der Waals surface area (Å²) in [5.74, 6) is -1.63. The van der Waals surface area contributed by atoms with Gasteiger partial charge in [-0.25, -0.2) is 4.79 Å². The summed E-state index contributed by atoms with van der Waals surface area (Å²) in [5.41, 5.74) is 3.27. The van der Waals surface area contributed by atoms with E-state index in [1.54, 1.807) is 25.9 Å². The molecule has 0 bridgehead atoms. The first-order valence-corrected chi connectivity index (χ1v) is 14.9. The standard InChI is InChI=1S/C18H25NO4.C16H19NO4.H2O/c1-4-16(20)7-6-12-19(17(21)18(22)23-5-2)13-15-10-8-14(3)9-11-15;1-3-14(18)13-8-9-17(16(20)15(13)19)10-11-4-6-12(21-2)7-5-11;/h8-11H,4-7,12-13H2,1-3H3;4-7,19H,3,8-10H2,1-2H3;1H2. The fourth-order valence-electron chi connectivity index (χ4n) is 4.46. The summed E-state index contributed by atoms with van der Waals surface area (Å²) in [6.07, 6.45) is 2.15. The van der Waals surface area contributed by atoms with Crippen LogP contribution in [0.2, 0.25) is 0 Å². The molecule has 0 radical (unpaired) electrons. The maximum atomic E-state index is 12.2. The van der Waals surface area contributed by atoms with Gasteiger partial charge in [0.2, 0.25) is 0 Å². The predicted octanol–water partition coefficient (Wildman–Crippen LogP) is 4.04. The van der Waals surface area contributed by atoms with Crippen LogP contribution >= 0.6 is 0 Å². The number of ketones is 2. The Bertz CT molecular complexity index is 1320. The molecule has 45 heavy (non-hydrogen) atoms. The highest BCUT2D eigenvalue weighted by atomic mass is 16.5. The third-order valence-electron chi connectivity index (χ3n) is 7.11. The monoisotopic (exact) mass is 626 g/mol. The molecule has 2 aromatic carbocycles. The molecule has 0 unspecified atom stereocenters. The van der Waals surface area contributed by atoms with Crippen LogP contribution in [-0.4, -0.2) is 76.5 Å². The number of esters is 1. The number of amides is 2. The summed E-state index contributed by atoms with van der Waals surface area (Å²) in [6, 6.07) is 15.2. The molecule has 1 heterocycles. The highest BCUT2D eigenvalue weighted by Crippen LogP contribution is 2.22. The summed E-state index contributed by atoms with van der Waals surface area (Å²) in [5, 5.41) is 9.92. The first-order chi connectivity index (χ1) is 21.0. The molecule has 0 saturated carbocycles.